The third kappa shape index (κ3) is 4.13. The molecule has 0 aliphatic carbocycles. The van der Waals surface area contributed by atoms with Gasteiger partial charge in [0, 0.05) is 29.4 Å². The number of nitrogens with zero attached hydrogens (tertiary/aromatic N) is 1. The van der Waals surface area contributed by atoms with Gasteiger partial charge in [0.15, 0.2) is 0 Å². The molecule has 0 unspecified atom stereocenters. The maximum absolute atomic E-state index is 12.8. The highest BCUT2D eigenvalue weighted by Crippen LogP contribution is 2.31. The normalized spacial score (nSPS) is 13.1. The number of anilines is 2. The van der Waals surface area contributed by atoms with Crippen molar-refractivity contribution in [1.29, 1.82) is 0 Å². The second-order valence-corrected chi connectivity index (χ2v) is 7.99. The summed E-state index contributed by atoms with van der Waals surface area (Å²) in [6.45, 7) is 4.56. The maximum atomic E-state index is 12.8. The van der Waals surface area contributed by atoms with Gasteiger partial charge in [-0.05, 0) is 53.8 Å². The highest BCUT2D eigenvalue weighted by Gasteiger charge is 2.24. The Kier molecular flexibility index (Phi) is 5.66. The van der Waals surface area contributed by atoms with Crippen molar-refractivity contribution in [3.05, 3.63) is 83.9 Å². The van der Waals surface area contributed by atoms with Crippen LogP contribution in [0.3, 0.4) is 0 Å². The zero-order chi connectivity index (χ0) is 21.1. The van der Waals surface area contributed by atoms with Gasteiger partial charge in [-0.3, -0.25) is 9.59 Å². The standard InChI is InChI=1S/C26H26N2O2/c1-18(2)26(30)28-16-6-9-21-14-15-23(17-24(21)28)27-25(29)22-12-10-20(11-13-22)19-7-4-3-5-8-19/h3-5,7-8,10-15,17-18H,6,9,16H2,1-2H3,(H,27,29). The molecule has 0 fully saturated rings. The van der Waals surface area contributed by atoms with Crippen LogP contribution in [0.5, 0.6) is 0 Å². The summed E-state index contributed by atoms with van der Waals surface area (Å²) in [5.41, 5.74) is 5.56. The topological polar surface area (TPSA) is 49.4 Å². The van der Waals surface area contributed by atoms with E-state index in [9.17, 15) is 9.59 Å². The van der Waals surface area contributed by atoms with Crippen molar-refractivity contribution in [3.8, 4) is 11.1 Å². The summed E-state index contributed by atoms with van der Waals surface area (Å²) in [6.07, 6.45) is 1.91. The Labute approximate surface area is 177 Å². The van der Waals surface area contributed by atoms with Gasteiger partial charge in [-0.25, -0.2) is 0 Å². The van der Waals surface area contributed by atoms with Crippen molar-refractivity contribution in [2.24, 2.45) is 5.92 Å². The Morgan fingerprint density at radius 2 is 1.60 bits per heavy atom. The molecular weight excluding hydrogens is 372 g/mol. The zero-order valence-corrected chi connectivity index (χ0v) is 17.4. The predicted octanol–water partition coefficient (Wildman–Crippen LogP) is 5.54. The van der Waals surface area contributed by atoms with Gasteiger partial charge in [0.05, 0.1) is 0 Å². The molecule has 0 radical (unpaired) electrons. The minimum atomic E-state index is -0.160. The fourth-order valence-electron chi connectivity index (χ4n) is 3.84. The van der Waals surface area contributed by atoms with Gasteiger partial charge in [0.25, 0.3) is 5.91 Å². The first-order chi connectivity index (χ1) is 14.5. The van der Waals surface area contributed by atoms with Crippen LogP contribution in [-0.2, 0) is 11.2 Å². The lowest BCUT2D eigenvalue weighted by Gasteiger charge is -2.31. The van der Waals surface area contributed by atoms with Gasteiger partial charge in [-0.1, -0.05) is 62.4 Å². The van der Waals surface area contributed by atoms with Gasteiger partial charge in [0.2, 0.25) is 5.91 Å². The summed E-state index contributed by atoms with van der Waals surface area (Å²) < 4.78 is 0. The molecule has 4 rings (SSSR count). The molecular formula is C26H26N2O2. The second kappa shape index (κ2) is 8.54. The van der Waals surface area contributed by atoms with Crippen LogP contribution < -0.4 is 10.2 Å². The molecule has 3 aromatic carbocycles. The number of benzene rings is 3. The summed E-state index contributed by atoms with van der Waals surface area (Å²) in [6, 6.07) is 23.5. The van der Waals surface area contributed by atoms with Gasteiger partial charge in [-0.15, -0.1) is 0 Å². The van der Waals surface area contributed by atoms with Crippen LogP contribution in [0.25, 0.3) is 11.1 Å². The Balaban J connectivity index is 1.52. The number of fused-ring (bicyclic) bond motifs is 1. The zero-order valence-electron chi connectivity index (χ0n) is 17.4. The molecule has 30 heavy (non-hydrogen) atoms. The molecule has 3 aromatic rings. The van der Waals surface area contributed by atoms with Crippen LogP contribution in [0.15, 0.2) is 72.8 Å². The number of amides is 2. The van der Waals surface area contributed by atoms with Crippen molar-refractivity contribution >= 4 is 23.2 Å². The van der Waals surface area contributed by atoms with E-state index in [-0.39, 0.29) is 17.7 Å². The second-order valence-electron chi connectivity index (χ2n) is 7.99. The Hall–Kier alpha value is -3.40. The van der Waals surface area contributed by atoms with E-state index >= 15 is 0 Å². The van der Waals surface area contributed by atoms with Crippen molar-refractivity contribution in [2.45, 2.75) is 26.7 Å². The lowest BCUT2D eigenvalue weighted by atomic mass is 9.99. The molecule has 1 aliphatic rings. The van der Waals surface area contributed by atoms with Crippen molar-refractivity contribution in [3.63, 3.8) is 0 Å². The SMILES string of the molecule is CC(C)C(=O)N1CCCc2ccc(NC(=O)c3ccc(-c4ccccc4)cc3)cc21. The van der Waals surface area contributed by atoms with Crippen LogP contribution in [0.4, 0.5) is 11.4 Å². The number of nitrogens with one attached hydrogen (secondary N) is 1. The largest absolute Gasteiger partial charge is 0.322 e. The van der Waals surface area contributed by atoms with E-state index in [0.717, 1.165) is 41.8 Å². The first kappa shape index (κ1) is 19.9. The van der Waals surface area contributed by atoms with E-state index in [1.54, 1.807) is 0 Å². The molecule has 4 heteroatoms. The Bertz CT molecular complexity index is 1060. The van der Waals surface area contributed by atoms with Crippen LogP contribution in [0.1, 0.15) is 36.2 Å². The monoisotopic (exact) mass is 398 g/mol. The van der Waals surface area contributed by atoms with E-state index in [2.05, 4.69) is 5.32 Å². The average Bonchev–Trinajstić information content (AvgIpc) is 2.78. The summed E-state index contributed by atoms with van der Waals surface area (Å²) in [5, 5.41) is 2.98. The Morgan fingerprint density at radius 1 is 0.900 bits per heavy atom. The third-order valence-corrected chi connectivity index (χ3v) is 5.48. The number of hydrogen-bond acceptors (Lipinski definition) is 2. The average molecular weight is 399 g/mol. The summed E-state index contributed by atoms with van der Waals surface area (Å²) >= 11 is 0. The van der Waals surface area contributed by atoms with Gasteiger partial charge in [-0.2, -0.15) is 0 Å². The molecule has 0 spiro atoms. The molecule has 2 amide bonds. The molecule has 1 heterocycles. The van der Waals surface area contributed by atoms with Gasteiger partial charge in [0.1, 0.15) is 0 Å². The van der Waals surface area contributed by atoms with Crippen LogP contribution in [-0.4, -0.2) is 18.4 Å². The molecule has 0 atom stereocenters. The molecule has 1 N–H and O–H groups in total. The predicted molar refractivity (Wildman–Crippen MR) is 122 cm³/mol. The first-order valence-corrected chi connectivity index (χ1v) is 10.4. The first-order valence-electron chi connectivity index (χ1n) is 10.4. The van der Waals surface area contributed by atoms with E-state index in [1.807, 2.05) is 91.5 Å². The molecule has 0 aromatic heterocycles. The molecule has 152 valence electrons. The smallest absolute Gasteiger partial charge is 0.255 e. The van der Waals surface area contributed by atoms with Gasteiger partial charge >= 0.3 is 0 Å². The number of hydrogen-bond donors (Lipinski definition) is 1. The molecule has 0 bridgehead atoms. The van der Waals surface area contributed by atoms with Crippen LogP contribution in [0.2, 0.25) is 0 Å². The van der Waals surface area contributed by atoms with Crippen molar-refractivity contribution in [2.75, 3.05) is 16.8 Å². The number of carbonyl (C=O) groups is 2. The number of carbonyl (C=O) groups excluding carboxylic acids is 2. The molecule has 1 aliphatic heterocycles. The van der Waals surface area contributed by atoms with Crippen molar-refractivity contribution < 1.29 is 9.59 Å². The fraction of sp³-hybridized carbons (Fsp3) is 0.231. The summed E-state index contributed by atoms with van der Waals surface area (Å²) in [7, 11) is 0. The lowest BCUT2D eigenvalue weighted by molar-refractivity contribution is -0.121. The third-order valence-electron chi connectivity index (χ3n) is 5.48. The highest BCUT2D eigenvalue weighted by molar-refractivity contribution is 6.05. The van der Waals surface area contributed by atoms with E-state index < -0.39 is 0 Å². The molecule has 0 saturated heterocycles. The lowest BCUT2D eigenvalue weighted by Crippen LogP contribution is -2.38. The summed E-state index contributed by atoms with van der Waals surface area (Å²) in [5.74, 6) is -0.0969. The van der Waals surface area contributed by atoms with E-state index in [1.165, 1.54) is 0 Å². The van der Waals surface area contributed by atoms with Crippen LogP contribution in [0, 0.1) is 5.92 Å². The van der Waals surface area contributed by atoms with Gasteiger partial charge < -0.3 is 10.2 Å². The fourth-order valence-corrected chi connectivity index (χ4v) is 3.84. The summed E-state index contributed by atoms with van der Waals surface area (Å²) in [4.78, 5) is 27.2. The highest BCUT2D eigenvalue weighted by atomic mass is 16.2. The minimum Gasteiger partial charge on any atom is -0.322 e. The molecule has 0 saturated carbocycles. The van der Waals surface area contributed by atoms with Crippen LogP contribution >= 0.6 is 0 Å². The minimum absolute atomic E-state index is 0.0580. The van der Waals surface area contributed by atoms with E-state index in [0.29, 0.717) is 11.3 Å². The number of rotatable bonds is 4. The quantitative estimate of drug-likeness (QED) is 0.627. The maximum Gasteiger partial charge on any atom is 0.255 e. The Morgan fingerprint density at radius 3 is 2.30 bits per heavy atom. The number of aryl methyl sites for hydroxylation is 1. The van der Waals surface area contributed by atoms with E-state index in [4.69, 9.17) is 0 Å². The molecule has 4 nitrogen and oxygen atoms in total. The van der Waals surface area contributed by atoms with Crippen molar-refractivity contribution in [1.82, 2.24) is 0 Å².